The monoisotopic (exact) mass is 227 g/mol. The zero-order valence-corrected chi connectivity index (χ0v) is 10.6. The highest BCUT2D eigenvalue weighted by Gasteiger charge is 2.14. The molecule has 1 saturated carbocycles. The molecule has 0 aromatic rings. The Balaban J connectivity index is 1.94. The van der Waals surface area contributed by atoms with E-state index >= 15 is 0 Å². The minimum atomic E-state index is 0.130. The maximum absolute atomic E-state index is 11.5. The van der Waals surface area contributed by atoms with Gasteiger partial charge in [-0.3, -0.25) is 4.79 Å². The third-order valence-electron chi connectivity index (χ3n) is 3.01. The molecule has 0 spiro atoms. The molecular weight excluding hydrogens is 202 g/mol. The lowest BCUT2D eigenvalue weighted by atomic mass is 10.2. The minimum Gasteiger partial charge on any atom is -0.355 e. The summed E-state index contributed by atoms with van der Waals surface area (Å²) < 4.78 is 0. The molecule has 0 saturated heterocycles. The summed E-state index contributed by atoms with van der Waals surface area (Å²) in [7, 11) is 4.09. The predicted octanol–water partition coefficient (Wildman–Crippen LogP) is 0.587. The smallest absolute Gasteiger partial charge is 0.233 e. The Kier molecular flexibility index (Phi) is 6.42. The average molecular weight is 227 g/mol. The van der Waals surface area contributed by atoms with Gasteiger partial charge in [0.15, 0.2) is 0 Å². The number of amides is 1. The highest BCUT2D eigenvalue weighted by Crippen LogP contribution is 2.17. The van der Waals surface area contributed by atoms with Crippen LogP contribution in [0.1, 0.15) is 32.1 Å². The van der Waals surface area contributed by atoms with Crippen LogP contribution >= 0.6 is 0 Å². The largest absolute Gasteiger partial charge is 0.355 e. The molecule has 0 atom stereocenters. The van der Waals surface area contributed by atoms with Crippen LogP contribution in [0, 0.1) is 0 Å². The summed E-state index contributed by atoms with van der Waals surface area (Å²) in [6.07, 6.45) is 6.09. The highest BCUT2D eigenvalue weighted by atomic mass is 16.1. The fourth-order valence-corrected chi connectivity index (χ4v) is 2.05. The molecule has 0 heterocycles. The number of hydrogen-bond donors (Lipinski definition) is 2. The molecule has 0 aromatic heterocycles. The Labute approximate surface area is 98.8 Å². The van der Waals surface area contributed by atoms with E-state index in [2.05, 4.69) is 15.5 Å². The predicted molar refractivity (Wildman–Crippen MR) is 66.4 cm³/mol. The van der Waals surface area contributed by atoms with E-state index in [0.717, 1.165) is 19.5 Å². The molecular formula is C12H25N3O. The topological polar surface area (TPSA) is 44.4 Å². The Morgan fingerprint density at radius 3 is 2.62 bits per heavy atom. The molecule has 1 amide bonds. The molecule has 16 heavy (non-hydrogen) atoms. The van der Waals surface area contributed by atoms with E-state index in [0.29, 0.717) is 12.6 Å². The van der Waals surface area contributed by atoms with E-state index in [1.807, 2.05) is 14.1 Å². The van der Waals surface area contributed by atoms with Crippen molar-refractivity contribution < 1.29 is 4.79 Å². The lowest BCUT2D eigenvalue weighted by molar-refractivity contribution is -0.120. The molecule has 1 aliphatic rings. The van der Waals surface area contributed by atoms with Crippen LogP contribution in [0.2, 0.25) is 0 Å². The zero-order valence-electron chi connectivity index (χ0n) is 10.6. The van der Waals surface area contributed by atoms with Crippen LogP contribution in [0.3, 0.4) is 0 Å². The van der Waals surface area contributed by atoms with Gasteiger partial charge in [-0.1, -0.05) is 12.8 Å². The van der Waals surface area contributed by atoms with Gasteiger partial charge in [0.1, 0.15) is 0 Å². The van der Waals surface area contributed by atoms with Crippen LogP contribution in [0.15, 0.2) is 0 Å². The number of nitrogens with zero attached hydrogens (tertiary/aromatic N) is 1. The van der Waals surface area contributed by atoms with E-state index in [4.69, 9.17) is 0 Å². The van der Waals surface area contributed by atoms with Gasteiger partial charge in [-0.05, 0) is 39.9 Å². The molecule has 0 bridgehead atoms. The number of carbonyl (C=O) groups excluding carboxylic acids is 1. The molecule has 4 heteroatoms. The maximum atomic E-state index is 11.5. The summed E-state index contributed by atoms with van der Waals surface area (Å²) in [5.74, 6) is 0.130. The fraction of sp³-hybridized carbons (Fsp3) is 0.917. The van der Waals surface area contributed by atoms with Gasteiger partial charge in [0.25, 0.3) is 0 Å². The number of nitrogens with one attached hydrogen (secondary N) is 2. The van der Waals surface area contributed by atoms with E-state index in [9.17, 15) is 4.79 Å². The Hall–Kier alpha value is -0.610. The number of hydrogen-bond acceptors (Lipinski definition) is 3. The van der Waals surface area contributed by atoms with Gasteiger partial charge in [-0.15, -0.1) is 0 Å². The summed E-state index contributed by atoms with van der Waals surface area (Å²) >= 11 is 0. The summed E-state index contributed by atoms with van der Waals surface area (Å²) in [4.78, 5) is 13.6. The summed E-state index contributed by atoms with van der Waals surface area (Å²) in [5, 5.41) is 6.24. The van der Waals surface area contributed by atoms with Gasteiger partial charge < -0.3 is 15.5 Å². The summed E-state index contributed by atoms with van der Waals surface area (Å²) in [6, 6.07) is 0.576. The van der Waals surface area contributed by atoms with Crippen molar-refractivity contribution in [2.45, 2.75) is 38.1 Å². The second-order valence-corrected chi connectivity index (χ2v) is 4.87. The average Bonchev–Trinajstić information content (AvgIpc) is 2.74. The van der Waals surface area contributed by atoms with Gasteiger partial charge >= 0.3 is 0 Å². The first-order chi connectivity index (χ1) is 7.68. The van der Waals surface area contributed by atoms with Crippen molar-refractivity contribution in [2.75, 3.05) is 33.7 Å². The van der Waals surface area contributed by atoms with E-state index < -0.39 is 0 Å². The van der Waals surface area contributed by atoms with E-state index in [1.165, 1.54) is 25.7 Å². The molecule has 1 fully saturated rings. The first kappa shape index (κ1) is 13.5. The second-order valence-electron chi connectivity index (χ2n) is 4.87. The van der Waals surface area contributed by atoms with Crippen molar-refractivity contribution in [3.63, 3.8) is 0 Å². The highest BCUT2D eigenvalue weighted by molar-refractivity contribution is 5.77. The number of carbonyl (C=O) groups is 1. The van der Waals surface area contributed by atoms with Crippen LogP contribution in [0.25, 0.3) is 0 Å². The molecule has 0 radical (unpaired) electrons. The molecule has 1 rings (SSSR count). The van der Waals surface area contributed by atoms with Gasteiger partial charge in [0, 0.05) is 12.6 Å². The molecule has 2 N–H and O–H groups in total. The third-order valence-corrected chi connectivity index (χ3v) is 3.01. The Morgan fingerprint density at radius 1 is 1.31 bits per heavy atom. The van der Waals surface area contributed by atoms with Crippen molar-refractivity contribution in [3.8, 4) is 0 Å². The zero-order chi connectivity index (χ0) is 11.8. The van der Waals surface area contributed by atoms with Gasteiger partial charge in [0.05, 0.1) is 6.54 Å². The van der Waals surface area contributed by atoms with E-state index in [-0.39, 0.29) is 5.91 Å². The summed E-state index contributed by atoms with van der Waals surface area (Å²) in [6.45, 7) is 2.28. The van der Waals surface area contributed by atoms with Crippen molar-refractivity contribution >= 4 is 5.91 Å². The Morgan fingerprint density at radius 2 is 2.00 bits per heavy atom. The van der Waals surface area contributed by atoms with Crippen molar-refractivity contribution in [3.05, 3.63) is 0 Å². The normalized spacial score (nSPS) is 16.9. The van der Waals surface area contributed by atoms with Gasteiger partial charge in [-0.25, -0.2) is 0 Å². The van der Waals surface area contributed by atoms with Crippen molar-refractivity contribution in [1.29, 1.82) is 0 Å². The van der Waals surface area contributed by atoms with Crippen LogP contribution in [-0.4, -0.2) is 50.6 Å². The molecule has 94 valence electrons. The fourth-order valence-electron chi connectivity index (χ4n) is 2.05. The minimum absolute atomic E-state index is 0.130. The summed E-state index contributed by atoms with van der Waals surface area (Å²) in [5.41, 5.74) is 0. The lowest BCUT2D eigenvalue weighted by Crippen LogP contribution is -2.38. The van der Waals surface area contributed by atoms with E-state index in [1.54, 1.807) is 0 Å². The molecule has 0 unspecified atom stereocenters. The molecule has 4 nitrogen and oxygen atoms in total. The molecule has 1 aliphatic carbocycles. The van der Waals surface area contributed by atoms with Crippen LogP contribution in [0.5, 0.6) is 0 Å². The lowest BCUT2D eigenvalue weighted by Gasteiger charge is -2.12. The molecule has 0 aliphatic heterocycles. The van der Waals surface area contributed by atoms with Crippen LogP contribution in [-0.2, 0) is 4.79 Å². The SMILES string of the molecule is CN(C)CCCNC(=O)CNC1CCCC1. The standard InChI is InChI=1S/C12H25N3O/c1-15(2)9-5-8-13-12(16)10-14-11-6-3-4-7-11/h11,14H,3-10H2,1-2H3,(H,13,16). The third kappa shape index (κ3) is 6.08. The van der Waals surface area contributed by atoms with Crippen LogP contribution < -0.4 is 10.6 Å². The number of rotatable bonds is 7. The van der Waals surface area contributed by atoms with Crippen molar-refractivity contribution in [1.82, 2.24) is 15.5 Å². The van der Waals surface area contributed by atoms with Crippen molar-refractivity contribution in [2.24, 2.45) is 0 Å². The van der Waals surface area contributed by atoms with Crippen LogP contribution in [0.4, 0.5) is 0 Å². The first-order valence-corrected chi connectivity index (χ1v) is 6.33. The van der Waals surface area contributed by atoms with Gasteiger partial charge in [0.2, 0.25) is 5.91 Å². The first-order valence-electron chi connectivity index (χ1n) is 6.33. The van der Waals surface area contributed by atoms with Gasteiger partial charge in [-0.2, -0.15) is 0 Å². The quantitative estimate of drug-likeness (QED) is 0.626. The maximum Gasteiger partial charge on any atom is 0.233 e. The Bertz CT molecular complexity index is 200. The second kappa shape index (κ2) is 7.63. The molecule has 0 aromatic carbocycles.